The Balaban J connectivity index is 2.17. The molecule has 2 rings (SSSR count). The molecule has 1 aromatic rings. The average molecular weight is 330 g/mol. The van der Waals surface area contributed by atoms with Crippen LogP contribution in [0.15, 0.2) is 18.2 Å². The van der Waals surface area contributed by atoms with Crippen molar-refractivity contribution in [1.82, 2.24) is 5.32 Å². The van der Waals surface area contributed by atoms with E-state index in [0.717, 1.165) is 12.1 Å². The maximum Gasteiger partial charge on any atom is 0.416 e. The molecule has 0 aliphatic heterocycles. The first-order valence-corrected chi connectivity index (χ1v) is 7.15. The first kappa shape index (κ1) is 17.1. The predicted octanol–water partition coefficient (Wildman–Crippen LogP) is 2.73. The second-order valence-corrected chi connectivity index (χ2v) is 5.53. The molecular weight excluding hydrogens is 313 g/mol. The molecule has 2 atom stereocenters. The summed E-state index contributed by atoms with van der Waals surface area (Å²) in [6, 6.07) is 2.55. The van der Waals surface area contributed by atoms with Crippen LogP contribution in [0.4, 0.5) is 18.9 Å². The van der Waals surface area contributed by atoms with Gasteiger partial charge in [-0.2, -0.15) is 13.2 Å². The molecule has 1 fully saturated rings. The molecule has 8 heteroatoms. The summed E-state index contributed by atoms with van der Waals surface area (Å²) in [6.07, 6.45) is -3.31. The Bertz CT molecular complexity index is 616. The molecule has 23 heavy (non-hydrogen) atoms. The molecule has 0 unspecified atom stereocenters. The van der Waals surface area contributed by atoms with Gasteiger partial charge in [-0.3, -0.25) is 9.59 Å². The van der Waals surface area contributed by atoms with E-state index in [-0.39, 0.29) is 23.7 Å². The number of nitrogens with one attached hydrogen (secondary N) is 2. The summed E-state index contributed by atoms with van der Waals surface area (Å²) in [4.78, 5) is 23.2. The van der Waals surface area contributed by atoms with Crippen LogP contribution in [0.2, 0.25) is 0 Å². The highest BCUT2D eigenvalue weighted by Crippen LogP contribution is 2.32. The van der Waals surface area contributed by atoms with Crippen molar-refractivity contribution in [2.45, 2.75) is 31.5 Å². The van der Waals surface area contributed by atoms with Crippen molar-refractivity contribution in [1.29, 1.82) is 0 Å². The largest absolute Gasteiger partial charge is 0.481 e. The summed E-state index contributed by atoms with van der Waals surface area (Å²) in [5.74, 6) is -2.08. The number of carbonyl (C=O) groups is 2. The summed E-state index contributed by atoms with van der Waals surface area (Å²) in [6.45, 7) is 0. The van der Waals surface area contributed by atoms with Crippen LogP contribution in [0.1, 0.15) is 35.2 Å². The van der Waals surface area contributed by atoms with Gasteiger partial charge in [0.15, 0.2) is 0 Å². The molecule has 0 aromatic heterocycles. The standard InChI is InChI=1S/C15H17F3N2O3/c1-19-12-5-3-9(15(16,17)18)7-11(12)13(21)20-10-4-2-8(6-10)14(22)23/h3,5,7-8,10,19H,2,4,6H2,1H3,(H,20,21)(H,22,23)/t8-,10+/m0/s1. The quantitative estimate of drug-likeness (QED) is 0.793. The lowest BCUT2D eigenvalue weighted by Crippen LogP contribution is -2.34. The molecule has 0 saturated heterocycles. The predicted molar refractivity (Wildman–Crippen MR) is 77.2 cm³/mol. The third-order valence-corrected chi connectivity index (χ3v) is 3.98. The van der Waals surface area contributed by atoms with E-state index < -0.39 is 29.5 Å². The number of carboxylic acids is 1. The van der Waals surface area contributed by atoms with E-state index in [1.165, 1.54) is 13.1 Å². The van der Waals surface area contributed by atoms with Crippen molar-refractivity contribution in [3.05, 3.63) is 29.3 Å². The molecule has 1 amide bonds. The number of hydrogen-bond donors (Lipinski definition) is 3. The number of alkyl halides is 3. The van der Waals surface area contributed by atoms with Gasteiger partial charge in [-0.05, 0) is 37.5 Å². The molecule has 0 bridgehead atoms. The maximum absolute atomic E-state index is 12.8. The van der Waals surface area contributed by atoms with Gasteiger partial charge in [0.2, 0.25) is 0 Å². The van der Waals surface area contributed by atoms with Crippen molar-refractivity contribution >= 4 is 17.6 Å². The highest BCUT2D eigenvalue weighted by Gasteiger charge is 2.33. The molecule has 1 aliphatic rings. The maximum atomic E-state index is 12.8. The Labute approximate surface area is 130 Å². The van der Waals surface area contributed by atoms with E-state index in [1.54, 1.807) is 0 Å². The summed E-state index contributed by atoms with van der Waals surface area (Å²) in [5, 5.41) is 14.3. The van der Waals surface area contributed by atoms with Crippen LogP contribution in [-0.4, -0.2) is 30.1 Å². The number of amides is 1. The van der Waals surface area contributed by atoms with Gasteiger partial charge < -0.3 is 15.7 Å². The van der Waals surface area contributed by atoms with Gasteiger partial charge in [-0.25, -0.2) is 0 Å². The number of hydrogen-bond acceptors (Lipinski definition) is 3. The molecule has 0 heterocycles. The topological polar surface area (TPSA) is 78.4 Å². The first-order valence-electron chi connectivity index (χ1n) is 7.15. The Hall–Kier alpha value is -2.25. The highest BCUT2D eigenvalue weighted by atomic mass is 19.4. The minimum Gasteiger partial charge on any atom is -0.481 e. The number of anilines is 1. The molecule has 0 spiro atoms. The van der Waals surface area contributed by atoms with E-state index in [0.29, 0.717) is 12.8 Å². The Morgan fingerprint density at radius 3 is 2.48 bits per heavy atom. The van der Waals surface area contributed by atoms with Crippen LogP contribution in [0.5, 0.6) is 0 Å². The lowest BCUT2D eigenvalue weighted by Gasteiger charge is -2.16. The molecule has 5 nitrogen and oxygen atoms in total. The molecule has 1 aromatic carbocycles. The van der Waals surface area contributed by atoms with Crippen molar-refractivity contribution in [2.75, 3.05) is 12.4 Å². The Kier molecular flexibility index (Phi) is 4.82. The summed E-state index contributed by atoms with van der Waals surface area (Å²) >= 11 is 0. The van der Waals surface area contributed by atoms with Crippen molar-refractivity contribution in [2.24, 2.45) is 5.92 Å². The van der Waals surface area contributed by atoms with Gasteiger partial charge in [-0.15, -0.1) is 0 Å². The van der Waals surface area contributed by atoms with E-state index in [1.807, 2.05) is 0 Å². The smallest absolute Gasteiger partial charge is 0.416 e. The van der Waals surface area contributed by atoms with Crippen LogP contribution >= 0.6 is 0 Å². The number of carboxylic acid groups (broad SMARTS) is 1. The van der Waals surface area contributed by atoms with Gasteiger partial charge >= 0.3 is 12.1 Å². The summed E-state index contributed by atoms with van der Waals surface area (Å²) in [7, 11) is 1.51. The molecular formula is C15H17F3N2O3. The van der Waals surface area contributed by atoms with E-state index >= 15 is 0 Å². The zero-order valence-electron chi connectivity index (χ0n) is 12.4. The van der Waals surface area contributed by atoms with E-state index in [4.69, 9.17) is 5.11 Å². The third-order valence-electron chi connectivity index (χ3n) is 3.98. The van der Waals surface area contributed by atoms with Crippen molar-refractivity contribution in [3.63, 3.8) is 0 Å². The average Bonchev–Trinajstić information content (AvgIpc) is 2.94. The van der Waals surface area contributed by atoms with Crippen LogP contribution in [0.25, 0.3) is 0 Å². The number of aliphatic carboxylic acids is 1. The number of benzene rings is 1. The Morgan fingerprint density at radius 1 is 1.26 bits per heavy atom. The summed E-state index contributed by atoms with van der Waals surface area (Å²) in [5.41, 5.74) is -0.735. The zero-order chi connectivity index (χ0) is 17.2. The minimum absolute atomic E-state index is 0.110. The number of rotatable bonds is 4. The van der Waals surface area contributed by atoms with Crippen LogP contribution in [0.3, 0.4) is 0 Å². The monoisotopic (exact) mass is 330 g/mol. The minimum atomic E-state index is -4.54. The summed E-state index contributed by atoms with van der Waals surface area (Å²) < 4.78 is 38.4. The van der Waals surface area contributed by atoms with Crippen molar-refractivity contribution in [3.8, 4) is 0 Å². The fraction of sp³-hybridized carbons (Fsp3) is 0.467. The second kappa shape index (κ2) is 6.47. The third kappa shape index (κ3) is 3.94. The molecule has 126 valence electrons. The normalized spacial score (nSPS) is 21.0. The van der Waals surface area contributed by atoms with Gasteiger partial charge in [0.1, 0.15) is 0 Å². The molecule has 3 N–H and O–H groups in total. The van der Waals surface area contributed by atoms with Crippen LogP contribution in [-0.2, 0) is 11.0 Å². The lowest BCUT2D eigenvalue weighted by atomic mass is 10.1. The first-order chi connectivity index (χ1) is 10.7. The number of halogens is 3. The van der Waals surface area contributed by atoms with Gasteiger partial charge in [0, 0.05) is 18.8 Å². The van der Waals surface area contributed by atoms with Gasteiger partial charge in [-0.1, -0.05) is 0 Å². The Morgan fingerprint density at radius 2 is 1.96 bits per heavy atom. The van der Waals surface area contributed by atoms with E-state index in [9.17, 15) is 22.8 Å². The van der Waals surface area contributed by atoms with Gasteiger partial charge in [0.05, 0.1) is 17.0 Å². The molecule has 0 radical (unpaired) electrons. The zero-order valence-corrected chi connectivity index (χ0v) is 12.4. The number of carbonyl (C=O) groups excluding carboxylic acids is 1. The second-order valence-electron chi connectivity index (χ2n) is 5.53. The van der Waals surface area contributed by atoms with E-state index in [2.05, 4.69) is 10.6 Å². The van der Waals surface area contributed by atoms with Crippen molar-refractivity contribution < 1.29 is 27.9 Å². The van der Waals surface area contributed by atoms with Gasteiger partial charge in [0.25, 0.3) is 5.91 Å². The fourth-order valence-electron chi connectivity index (χ4n) is 2.73. The lowest BCUT2D eigenvalue weighted by molar-refractivity contribution is -0.141. The van der Waals surface area contributed by atoms with Crippen LogP contribution in [0, 0.1) is 5.92 Å². The highest BCUT2D eigenvalue weighted by molar-refractivity contribution is 6.00. The fourth-order valence-corrected chi connectivity index (χ4v) is 2.73. The van der Waals surface area contributed by atoms with Crippen LogP contribution < -0.4 is 10.6 Å². The molecule has 1 aliphatic carbocycles. The SMILES string of the molecule is CNc1ccc(C(F)(F)F)cc1C(=O)N[C@@H]1CC[C@H](C(=O)O)C1. The molecule has 1 saturated carbocycles.